The summed E-state index contributed by atoms with van der Waals surface area (Å²) in [6.45, 7) is 5.81. The summed E-state index contributed by atoms with van der Waals surface area (Å²) < 4.78 is 10.5. The zero-order valence-electron chi connectivity index (χ0n) is 9.47. The Kier molecular flexibility index (Phi) is 2.85. The fourth-order valence-corrected chi connectivity index (χ4v) is 1.36. The molecule has 2 heterocycles. The average Bonchev–Trinajstić information content (AvgIpc) is 2.67. The first kappa shape index (κ1) is 10.6. The van der Waals surface area contributed by atoms with E-state index in [0.29, 0.717) is 11.8 Å². The van der Waals surface area contributed by atoms with Crippen LogP contribution < -0.4 is 4.74 Å². The van der Waals surface area contributed by atoms with Gasteiger partial charge in [-0.05, 0) is 26.8 Å². The number of nitrogens with zero attached hydrogens (tertiary/aromatic N) is 3. The molecule has 2 aromatic heterocycles. The number of ether oxygens (including phenoxy) is 1. The van der Waals surface area contributed by atoms with E-state index < -0.39 is 0 Å². The lowest BCUT2D eigenvalue weighted by Gasteiger charge is -2.09. The lowest BCUT2D eigenvalue weighted by Crippen LogP contribution is -2.07. The molecule has 0 N–H and O–H groups in total. The minimum atomic E-state index is 0.0878. The molecule has 0 aliphatic heterocycles. The van der Waals surface area contributed by atoms with Crippen molar-refractivity contribution in [3.05, 3.63) is 24.2 Å². The Morgan fingerprint density at radius 3 is 2.75 bits per heavy atom. The van der Waals surface area contributed by atoms with Gasteiger partial charge in [0.05, 0.1) is 6.10 Å². The number of aromatic nitrogens is 3. The van der Waals surface area contributed by atoms with Gasteiger partial charge in [0.1, 0.15) is 0 Å². The van der Waals surface area contributed by atoms with Crippen molar-refractivity contribution in [1.29, 1.82) is 0 Å². The second kappa shape index (κ2) is 4.30. The molecular weight excluding hydrogens is 206 g/mol. The fraction of sp³-hybridized carbons (Fsp3) is 0.364. The first-order chi connectivity index (χ1) is 7.65. The van der Waals surface area contributed by atoms with E-state index >= 15 is 0 Å². The summed E-state index contributed by atoms with van der Waals surface area (Å²) in [4.78, 5) is 8.26. The highest BCUT2D eigenvalue weighted by Crippen LogP contribution is 2.22. The van der Waals surface area contributed by atoms with Crippen LogP contribution in [0.5, 0.6) is 5.88 Å². The second-order valence-corrected chi connectivity index (χ2v) is 3.75. The fourth-order valence-electron chi connectivity index (χ4n) is 1.36. The number of pyridine rings is 1. The van der Waals surface area contributed by atoms with E-state index in [-0.39, 0.29) is 6.10 Å². The Morgan fingerprint density at radius 2 is 2.12 bits per heavy atom. The van der Waals surface area contributed by atoms with Gasteiger partial charge >= 0.3 is 0 Å². The van der Waals surface area contributed by atoms with E-state index in [9.17, 15) is 0 Å². The van der Waals surface area contributed by atoms with Crippen molar-refractivity contribution in [1.82, 2.24) is 15.1 Å². The first-order valence-corrected chi connectivity index (χ1v) is 5.07. The topological polar surface area (TPSA) is 61.0 Å². The van der Waals surface area contributed by atoms with Crippen molar-refractivity contribution < 1.29 is 9.26 Å². The molecule has 0 aliphatic rings. The maximum Gasteiger partial charge on any atom is 0.257 e. The highest BCUT2D eigenvalue weighted by Gasteiger charge is 2.08. The van der Waals surface area contributed by atoms with E-state index in [1.165, 1.54) is 6.33 Å². The van der Waals surface area contributed by atoms with Gasteiger partial charge in [-0.3, -0.25) is 0 Å². The summed E-state index contributed by atoms with van der Waals surface area (Å²) in [6.07, 6.45) is 1.46. The van der Waals surface area contributed by atoms with Crippen molar-refractivity contribution in [2.24, 2.45) is 0 Å². The number of rotatable bonds is 3. The molecular formula is C11H13N3O2. The quantitative estimate of drug-likeness (QED) is 0.792. The smallest absolute Gasteiger partial charge is 0.257 e. The predicted octanol–water partition coefficient (Wildman–Crippen LogP) is 2.23. The Hall–Kier alpha value is -1.91. The summed E-state index contributed by atoms with van der Waals surface area (Å²) in [5.74, 6) is 1.04. The van der Waals surface area contributed by atoms with Crippen molar-refractivity contribution >= 4 is 0 Å². The van der Waals surface area contributed by atoms with Crippen LogP contribution in [0.1, 0.15) is 19.5 Å². The summed E-state index contributed by atoms with van der Waals surface area (Å²) in [7, 11) is 0. The minimum absolute atomic E-state index is 0.0878. The lowest BCUT2D eigenvalue weighted by molar-refractivity contribution is 0.232. The Morgan fingerprint density at radius 1 is 1.31 bits per heavy atom. The summed E-state index contributed by atoms with van der Waals surface area (Å²) in [5, 5.41) is 3.57. The van der Waals surface area contributed by atoms with Crippen molar-refractivity contribution in [2.45, 2.75) is 26.9 Å². The van der Waals surface area contributed by atoms with Crippen LogP contribution in [0, 0.1) is 6.92 Å². The van der Waals surface area contributed by atoms with Gasteiger partial charge in [0.25, 0.3) is 5.89 Å². The molecule has 0 saturated heterocycles. The molecule has 16 heavy (non-hydrogen) atoms. The molecule has 0 amide bonds. The van der Waals surface area contributed by atoms with Crippen LogP contribution in [0.3, 0.4) is 0 Å². The highest BCUT2D eigenvalue weighted by molar-refractivity contribution is 5.54. The zero-order valence-corrected chi connectivity index (χ0v) is 9.47. The van der Waals surface area contributed by atoms with Gasteiger partial charge in [-0.15, -0.1) is 0 Å². The van der Waals surface area contributed by atoms with Crippen LogP contribution in [-0.4, -0.2) is 21.2 Å². The predicted molar refractivity (Wildman–Crippen MR) is 58.0 cm³/mol. The van der Waals surface area contributed by atoms with E-state index in [1.54, 1.807) is 6.07 Å². The molecule has 0 spiro atoms. The maximum absolute atomic E-state index is 5.53. The standard InChI is InChI=1S/C11H13N3O2/c1-7(2)15-10-5-9(4-8(3)14-10)11-12-6-13-16-11/h4-7H,1-3H3. The Labute approximate surface area is 93.5 Å². The molecule has 0 fully saturated rings. The van der Waals surface area contributed by atoms with Crippen LogP contribution in [0.25, 0.3) is 11.5 Å². The number of aryl methyl sites for hydroxylation is 1. The van der Waals surface area contributed by atoms with Gasteiger partial charge in [-0.25, -0.2) is 4.98 Å². The van der Waals surface area contributed by atoms with E-state index in [1.807, 2.05) is 26.8 Å². The molecule has 0 radical (unpaired) electrons. The third kappa shape index (κ3) is 2.36. The van der Waals surface area contributed by atoms with Crippen LogP contribution in [0.2, 0.25) is 0 Å². The van der Waals surface area contributed by atoms with Gasteiger partial charge in [-0.1, -0.05) is 5.16 Å². The van der Waals surface area contributed by atoms with Crippen LogP contribution in [0.4, 0.5) is 0 Å². The van der Waals surface area contributed by atoms with Crippen molar-refractivity contribution in [3.8, 4) is 17.3 Å². The molecule has 5 nitrogen and oxygen atoms in total. The lowest BCUT2D eigenvalue weighted by atomic mass is 10.2. The molecule has 0 unspecified atom stereocenters. The summed E-state index contributed by atoms with van der Waals surface area (Å²) in [6, 6.07) is 3.67. The molecule has 2 rings (SSSR count). The van der Waals surface area contributed by atoms with Crippen LogP contribution in [0.15, 0.2) is 23.0 Å². The average molecular weight is 219 g/mol. The monoisotopic (exact) mass is 219 g/mol. The van der Waals surface area contributed by atoms with E-state index in [2.05, 4.69) is 15.1 Å². The number of hydrogen-bond acceptors (Lipinski definition) is 5. The summed E-state index contributed by atoms with van der Waals surface area (Å²) >= 11 is 0. The van der Waals surface area contributed by atoms with E-state index in [0.717, 1.165) is 11.3 Å². The molecule has 2 aromatic rings. The van der Waals surface area contributed by atoms with Crippen molar-refractivity contribution in [2.75, 3.05) is 0 Å². The molecule has 84 valence electrons. The second-order valence-electron chi connectivity index (χ2n) is 3.75. The maximum atomic E-state index is 5.53. The first-order valence-electron chi connectivity index (χ1n) is 5.07. The summed E-state index contributed by atoms with van der Waals surface area (Å²) in [5.41, 5.74) is 1.67. The van der Waals surface area contributed by atoms with Gasteiger partial charge < -0.3 is 9.26 Å². The highest BCUT2D eigenvalue weighted by atomic mass is 16.5. The SMILES string of the molecule is Cc1cc(-c2ncno2)cc(OC(C)C)n1. The minimum Gasteiger partial charge on any atom is -0.475 e. The normalized spacial score (nSPS) is 10.8. The molecule has 0 bridgehead atoms. The van der Waals surface area contributed by atoms with Gasteiger partial charge in [0, 0.05) is 17.3 Å². The molecule has 5 heteroatoms. The van der Waals surface area contributed by atoms with Gasteiger partial charge in [-0.2, -0.15) is 4.98 Å². The van der Waals surface area contributed by atoms with Crippen LogP contribution >= 0.6 is 0 Å². The molecule has 0 aromatic carbocycles. The zero-order chi connectivity index (χ0) is 11.5. The third-order valence-electron chi connectivity index (χ3n) is 1.89. The van der Waals surface area contributed by atoms with Gasteiger partial charge in [0.2, 0.25) is 5.88 Å². The van der Waals surface area contributed by atoms with E-state index in [4.69, 9.17) is 9.26 Å². The number of hydrogen-bond donors (Lipinski definition) is 0. The molecule has 0 saturated carbocycles. The molecule has 0 atom stereocenters. The Bertz CT molecular complexity index is 466. The third-order valence-corrected chi connectivity index (χ3v) is 1.89. The van der Waals surface area contributed by atoms with Gasteiger partial charge in [0.15, 0.2) is 6.33 Å². The van der Waals surface area contributed by atoms with Crippen molar-refractivity contribution in [3.63, 3.8) is 0 Å². The molecule has 0 aliphatic carbocycles. The Balaban J connectivity index is 2.36. The van der Waals surface area contributed by atoms with Crippen LogP contribution in [-0.2, 0) is 0 Å². The largest absolute Gasteiger partial charge is 0.475 e.